The molecule has 0 fully saturated rings. The highest BCUT2D eigenvalue weighted by atomic mass is 14.9. The molecule has 2 heteroatoms. The molecule has 0 aliphatic carbocycles. The van der Waals surface area contributed by atoms with Crippen LogP contribution in [-0.4, -0.2) is 4.57 Å². The van der Waals surface area contributed by atoms with Gasteiger partial charge in [-0.05, 0) is 30.7 Å². The van der Waals surface area contributed by atoms with Crippen LogP contribution in [0, 0.1) is 18.3 Å². The fraction of sp³-hybridized carbons (Fsp3) is 0.133. The highest BCUT2D eigenvalue weighted by Crippen LogP contribution is 2.31. The Hall–Kier alpha value is -2.27. The average molecular weight is 220 g/mol. The first-order valence-corrected chi connectivity index (χ1v) is 5.61. The van der Waals surface area contributed by atoms with Crippen LogP contribution >= 0.6 is 0 Å². The van der Waals surface area contributed by atoms with Crippen molar-refractivity contribution in [2.75, 3.05) is 0 Å². The van der Waals surface area contributed by atoms with Crippen molar-refractivity contribution in [3.05, 3.63) is 47.5 Å². The van der Waals surface area contributed by atoms with E-state index in [1.807, 2.05) is 31.2 Å². The molecule has 0 bridgehead atoms. The molecule has 0 unspecified atom stereocenters. The molecule has 0 aliphatic heterocycles. The van der Waals surface area contributed by atoms with Gasteiger partial charge in [-0.15, -0.1) is 0 Å². The molecule has 0 atom stereocenters. The largest absolute Gasteiger partial charge is 0.344 e. The van der Waals surface area contributed by atoms with E-state index in [0.717, 1.165) is 11.1 Å². The van der Waals surface area contributed by atoms with E-state index in [0.29, 0.717) is 0 Å². The molecule has 2 aromatic carbocycles. The van der Waals surface area contributed by atoms with E-state index in [4.69, 9.17) is 5.26 Å². The molecular formula is C15H12N2. The SMILES string of the molecule is Cc1c(C#N)ccc2c1c1ccccc1n2C. The molecule has 1 aromatic heterocycles. The molecule has 0 radical (unpaired) electrons. The first kappa shape index (κ1) is 9.92. The summed E-state index contributed by atoms with van der Waals surface area (Å²) in [5, 5.41) is 11.5. The number of hydrogen-bond donors (Lipinski definition) is 0. The van der Waals surface area contributed by atoms with Crippen molar-refractivity contribution < 1.29 is 0 Å². The lowest BCUT2D eigenvalue weighted by Gasteiger charge is -2.01. The predicted molar refractivity (Wildman–Crippen MR) is 69.9 cm³/mol. The van der Waals surface area contributed by atoms with Gasteiger partial charge < -0.3 is 4.57 Å². The fourth-order valence-corrected chi connectivity index (χ4v) is 2.55. The molecule has 3 rings (SSSR count). The summed E-state index contributed by atoms with van der Waals surface area (Å²) in [7, 11) is 2.07. The molecule has 17 heavy (non-hydrogen) atoms. The van der Waals surface area contributed by atoms with E-state index < -0.39 is 0 Å². The summed E-state index contributed by atoms with van der Waals surface area (Å²) in [6.45, 7) is 2.02. The van der Waals surface area contributed by atoms with Crippen LogP contribution in [0.25, 0.3) is 21.8 Å². The minimum absolute atomic E-state index is 0.758. The van der Waals surface area contributed by atoms with Gasteiger partial charge in [-0.25, -0.2) is 0 Å². The van der Waals surface area contributed by atoms with Gasteiger partial charge in [0.2, 0.25) is 0 Å². The van der Waals surface area contributed by atoms with Gasteiger partial charge in [0, 0.05) is 28.9 Å². The highest BCUT2D eigenvalue weighted by molar-refractivity contribution is 6.10. The Morgan fingerprint density at radius 2 is 1.82 bits per heavy atom. The average Bonchev–Trinajstić information content (AvgIpc) is 2.65. The van der Waals surface area contributed by atoms with Crippen molar-refractivity contribution in [1.82, 2.24) is 4.57 Å². The van der Waals surface area contributed by atoms with Crippen LogP contribution in [0.5, 0.6) is 0 Å². The van der Waals surface area contributed by atoms with Gasteiger partial charge in [0.25, 0.3) is 0 Å². The summed E-state index contributed by atoms with van der Waals surface area (Å²) < 4.78 is 2.18. The van der Waals surface area contributed by atoms with Gasteiger partial charge in [-0.1, -0.05) is 18.2 Å². The lowest BCUT2D eigenvalue weighted by atomic mass is 10.0. The second kappa shape index (κ2) is 3.36. The minimum Gasteiger partial charge on any atom is -0.344 e. The molecule has 0 saturated carbocycles. The van der Waals surface area contributed by atoms with Crippen molar-refractivity contribution in [3.63, 3.8) is 0 Å². The quantitative estimate of drug-likeness (QED) is 0.570. The second-order valence-electron chi connectivity index (χ2n) is 4.32. The van der Waals surface area contributed by atoms with E-state index in [2.05, 4.69) is 29.8 Å². The maximum Gasteiger partial charge on any atom is 0.0994 e. The number of hydrogen-bond acceptors (Lipinski definition) is 1. The Labute approximate surface area is 99.7 Å². The van der Waals surface area contributed by atoms with Gasteiger partial charge in [0.1, 0.15) is 0 Å². The Morgan fingerprint density at radius 1 is 1.06 bits per heavy atom. The third kappa shape index (κ3) is 1.20. The van der Waals surface area contributed by atoms with Gasteiger partial charge in [-0.3, -0.25) is 0 Å². The molecule has 2 nitrogen and oxygen atoms in total. The zero-order valence-electron chi connectivity index (χ0n) is 9.86. The van der Waals surface area contributed by atoms with Crippen LogP contribution in [0.1, 0.15) is 11.1 Å². The zero-order valence-corrected chi connectivity index (χ0v) is 9.86. The molecule has 3 aromatic rings. The third-order valence-electron chi connectivity index (χ3n) is 3.46. The van der Waals surface area contributed by atoms with Crippen molar-refractivity contribution in [2.45, 2.75) is 6.92 Å². The highest BCUT2D eigenvalue weighted by Gasteiger charge is 2.11. The van der Waals surface area contributed by atoms with E-state index >= 15 is 0 Å². The van der Waals surface area contributed by atoms with Crippen molar-refractivity contribution in [3.8, 4) is 6.07 Å². The number of nitriles is 1. The normalized spacial score (nSPS) is 10.9. The van der Waals surface area contributed by atoms with Crippen LogP contribution in [0.3, 0.4) is 0 Å². The molecule has 82 valence electrons. The molecule has 0 saturated heterocycles. The third-order valence-corrected chi connectivity index (χ3v) is 3.46. The van der Waals surface area contributed by atoms with E-state index in [1.165, 1.54) is 21.8 Å². The molecule has 0 N–H and O–H groups in total. The summed E-state index contributed by atoms with van der Waals surface area (Å²) in [5.41, 5.74) is 4.22. The number of fused-ring (bicyclic) bond motifs is 3. The lowest BCUT2D eigenvalue weighted by molar-refractivity contribution is 1.01. The molecular weight excluding hydrogens is 208 g/mol. The summed E-state index contributed by atoms with van der Waals surface area (Å²) in [6, 6.07) is 14.5. The van der Waals surface area contributed by atoms with E-state index in [9.17, 15) is 0 Å². The summed E-state index contributed by atoms with van der Waals surface area (Å²) >= 11 is 0. The van der Waals surface area contributed by atoms with Crippen LogP contribution in [0.2, 0.25) is 0 Å². The monoisotopic (exact) mass is 220 g/mol. The van der Waals surface area contributed by atoms with Crippen LogP contribution < -0.4 is 0 Å². The number of aromatic nitrogens is 1. The zero-order chi connectivity index (χ0) is 12.0. The predicted octanol–water partition coefficient (Wildman–Crippen LogP) is 3.51. The topological polar surface area (TPSA) is 28.7 Å². The van der Waals surface area contributed by atoms with E-state index in [-0.39, 0.29) is 0 Å². The Kier molecular flexibility index (Phi) is 1.96. The van der Waals surface area contributed by atoms with E-state index in [1.54, 1.807) is 0 Å². The summed E-state index contributed by atoms with van der Waals surface area (Å²) in [6.07, 6.45) is 0. The van der Waals surface area contributed by atoms with Gasteiger partial charge in [0.05, 0.1) is 11.6 Å². The van der Waals surface area contributed by atoms with Crippen LogP contribution in [0.4, 0.5) is 0 Å². The maximum absolute atomic E-state index is 9.10. The van der Waals surface area contributed by atoms with Crippen molar-refractivity contribution in [1.29, 1.82) is 5.26 Å². The number of nitrogens with zero attached hydrogens (tertiary/aromatic N) is 2. The standard InChI is InChI=1S/C15H12N2/c1-10-11(9-16)7-8-14-15(10)12-5-3-4-6-13(12)17(14)2/h3-8H,1-2H3. The lowest BCUT2D eigenvalue weighted by Crippen LogP contribution is -1.88. The second-order valence-corrected chi connectivity index (χ2v) is 4.32. The van der Waals surface area contributed by atoms with Crippen molar-refractivity contribution >= 4 is 21.8 Å². The number of rotatable bonds is 0. The molecule has 0 amide bonds. The van der Waals surface area contributed by atoms with Gasteiger partial charge >= 0.3 is 0 Å². The number of benzene rings is 2. The maximum atomic E-state index is 9.10. The number of aryl methyl sites for hydroxylation is 2. The Balaban J connectivity index is 2.65. The fourth-order valence-electron chi connectivity index (χ4n) is 2.55. The Bertz CT molecular complexity index is 773. The summed E-state index contributed by atoms with van der Waals surface area (Å²) in [5.74, 6) is 0. The summed E-state index contributed by atoms with van der Waals surface area (Å²) in [4.78, 5) is 0. The molecule has 0 spiro atoms. The smallest absolute Gasteiger partial charge is 0.0994 e. The van der Waals surface area contributed by atoms with Crippen LogP contribution in [0.15, 0.2) is 36.4 Å². The Morgan fingerprint density at radius 3 is 2.59 bits per heavy atom. The minimum atomic E-state index is 0.758. The number of para-hydroxylation sites is 1. The molecule has 0 aliphatic rings. The van der Waals surface area contributed by atoms with Gasteiger partial charge in [-0.2, -0.15) is 5.26 Å². The van der Waals surface area contributed by atoms with Crippen molar-refractivity contribution in [2.24, 2.45) is 7.05 Å². The first-order chi connectivity index (χ1) is 8.24. The van der Waals surface area contributed by atoms with Gasteiger partial charge in [0.15, 0.2) is 0 Å². The first-order valence-electron chi connectivity index (χ1n) is 5.61. The van der Waals surface area contributed by atoms with Crippen LogP contribution in [-0.2, 0) is 7.05 Å². The molecule has 1 heterocycles.